The maximum Gasteiger partial charge on any atom is 0.251 e. The van der Waals surface area contributed by atoms with E-state index in [-0.39, 0.29) is 5.91 Å². The zero-order chi connectivity index (χ0) is 12.1. The van der Waals surface area contributed by atoms with Crippen LogP contribution in [-0.2, 0) is 13.1 Å². The number of amides is 1. The van der Waals surface area contributed by atoms with Gasteiger partial charge < -0.3 is 15.6 Å². The van der Waals surface area contributed by atoms with E-state index in [1.165, 1.54) is 6.26 Å². The smallest absolute Gasteiger partial charge is 0.251 e. The van der Waals surface area contributed by atoms with E-state index in [9.17, 15) is 4.79 Å². The van der Waals surface area contributed by atoms with Gasteiger partial charge in [0.2, 0.25) is 0 Å². The summed E-state index contributed by atoms with van der Waals surface area (Å²) in [6.07, 6.45) is 3.02. The lowest BCUT2D eigenvalue weighted by atomic mass is 10.2. The van der Waals surface area contributed by atoms with Crippen LogP contribution >= 0.6 is 0 Å². The second-order valence-electron chi connectivity index (χ2n) is 3.41. The van der Waals surface area contributed by atoms with Crippen LogP contribution in [0.3, 0.4) is 0 Å². The third-order valence-electron chi connectivity index (χ3n) is 2.21. The zero-order valence-corrected chi connectivity index (χ0v) is 9.09. The summed E-state index contributed by atoms with van der Waals surface area (Å²) < 4.78 is 4.66. The number of rotatable bonds is 4. The number of hydrogen-bond acceptors (Lipinski definition) is 5. The molecule has 0 bridgehead atoms. The Morgan fingerprint density at radius 1 is 1.41 bits per heavy atom. The van der Waals surface area contributed by atoms with Crippen LogP contribution in [0.25, 0.3) is 0 Å². The van der Waals surface area contributed by atoms with E-state index in [0.717, 1.165) is 0 Å². The number of carbonyl (C=O) groups is 1. The first-order valence-electron chi connectivity index (χ1n) is 5.12. The summed E-state index contributed by atoms with van der Waals surface area (Å²) in [6.45, 7) is 0.639. The van der Waals surface area contributed by atoms with Gasteiger partial charge in [-0.1, -0.05) is 5.16 Å². The highest BCUT2D eigenvalue weighted by Gasteiger charge is 2.06. The predicted molar refractivity (Wildman–Crippen MR) is 59.8 cm³/mol. The number of aromatic nitrogens is 2. The van der Waals surface area contributed by atoms with Crippen molar-refractivity contribution in [3.63, 3.8) is 0 Å². The van der Waals surface area contributed by atoms with E-state index in [0.29, 0.717) is 30.0 Å². The standard InChI is InChI=1S/C11H12N4O2/c12-6-10-5-8(1-3-13-10)11(16)14-7-9-2-4-17-15-9/h1-5H,6-7,12H2,(H,14,16). The average molecular weight is 232 g/mol. The minimum Gasteiger partial charge on any atom is -0.364 e. The molecule has 88 valence electrons. The number of hydrogen-bond donors (Lipinski definition) is 2. The van der Waals surface area contributed by atoms with E-state index in [4.69, 9.17) is 5.73 Å². The molecule has 2 aromatic heterocycles. The molecule has 6 heteroatoms. The van der Waals surface area contributed by atoms with Gasteiger partial charge in [-0.2, -0.15) is 0 Å². The molecule has 2 aromatic rings. The Hall–Kier alpha value is -2.21. The molecule has 0 unspecified atom stereocenters. The molecule has 0 aromatic carbocycles. The lowest BCUT2D eigenvalue weighted by Gasteiger charge is -2.03. The van der Waals surface area contributed by atoms with Crippen molar-refractivity contribution >= 4 is 5.91 Å². The van der Waals surface area contributed by atoms with Gasteiger partial charge in [0.15, 0.2) is 0 Å². The fraction of sp³-hybridized carbons (Fsp3) is 0.182. The van der Waals surface area contributed by atoms with Gasteiger partial charge in [-0.3, -0.25) is 9.78 Å². The lowest BCUT2D eigenvalue weighted by molar-refractivity contribution is 0.0950. The molecule has 0 saturated heterocycles. The Kier molecular flexibility index (Phi) is 3.46. The van der Waals surface area contributed by atoms with Crippen molar-refractivity contribution in [1.82, 2.24) is 15.5 Å². The molecule has 1 amide bonds. The highest BCUT2D eigenvalue weighted by Crippen LogP contribution is 2.02. The molecule has 0 aliphatic heterocycles. The van der Waals surface area contributed by atoms with Crippen molar-refractivity contribution in [1.29, 1.82) is 0 Å². The third-order valence-corrected chi connectivity index (χ3v) is 2.21. The summed E-state index contributed by atoms with van der Waals surface area (Å²) in [5.74, 6) is -0.190. The Labute approximate surface area is 97.8 Å². The van der Waals surface area contributed by atoms with Crippen molar-refractivity contribution in [2.45, 2.75) is 13.1 Å². The van der Waals surface area contributed by atoms with Crippen LogP contribution in [0.2, 0.25) is 0 Å². The molecule has 6 nitrogen and oxygen atoms in total. The van der Waals surface area contributed by atoms with Crippen molar-refractivity contribution in [2.75, 3.05) is 0 Å². The lowest BCUT2D eigenvalue weighted by Crippen LogP contribution is -2.23. The molecule has 17 heavy (non-hydrogen) atoms. The Morgan fingerprint density at radius 2 is 2.29 bits per heavy atom. The highest BCUT2D eigenvalue weighted by atomic mass is 16.5. The monoisotopic (exact) mass is 232 g/mol. The molecular weight excluding hydrogens is 220 g/mol. The van der Waals surface area contributed by atoms with Crippen molar-refractivity contribution in [3.8, 4) is 0 Å². The first kappa shape index (κ1) is 11.3. The van der Waals surface area contributed by atoms with Gasteiger partial charge in [0.25, 0.3) is 5.91 Å². The van der Waals surface area contributed by atoms with E-state index in [1.807, 2.05) is 0 Å². The maximum absolute atomic E-state index is 11.8. The number of nitrogens with two attached hydrogens (primary N) is 1. The Morgan fingerprint density at radius 3 is 3.00 bits per heavy atom. The van der Waals surface area contributed by atoms with Crippen LogP contribution in [-0.4, -0.2) is 16.0 Å². The van der Waals surface area contributed by atoms with E-state index < -0.39 is 0 Å². The second-order valence-corrected chi connectivity index (χ2v) is 3.41. The molecule has 0 saturated carbocycles. The van der Waals surface area contributed by atoms with Crippen LogP contribution < -0.4 is 11.1 Å². The third kappa shape index (κ3) is 2.88. The van der Waals surface area contributed by atoms with Crippen molar-refractivity contribution < 1.29 is 9.32 Å². The van der Waals surface area contributed by atoms with Gasteiger partial charge in [0.05, 0.1) is 12.2 Å². The first-order chi connectivity index (χ1) is 8.29. The SMILES string of the molecule is NCc1cc(C(=O)NCc2ccon2)ccn1. The van der Waals surface area contributed by atoms with Gasteiger partial charge >= 0.3 is 0 Å². The Balaban J connectivity index is 1.99. The molecule has 3 N–H and O–H groups in total. The topological polar surface area (TPSA) is 94.0 Å². The summed E-state index contributed by atoms with van der Waals surface area (Å²) in [5.41, 5.74) is 7.34. The van der Waals surface area contributed by atoms with Gasteiger partial charge in [-0.05, 0) is 12.1 Å². The van der Waals surface area contributed by atoms with E-state index >= 15 is 0 Å². The molecular formula is C11H12N4O2. The summed E-state index contributed by atoms with van der Waals surface area (Å²) >= 11 is 0. The number of carbonyl (C=O) groups excluding carboxylic acids is 1. The minimum absolute atomic E-state index is 0.190. The van der Waals surface area contributed by atoms with Crippen LogP contribution in [0.4, 0.5) is 0 Å². The van der Waals surface area contributed by atoms with E-state index in [2.05, 4.69) is 20.0 Å². The summed E-state index contributed by atoms with van der Waals surface area (Å²) in [6, 6.07) is 4.99. The maximum atomic E-state index is 11.8. The second kappa shape index (κ2) is 5.22. The van der Waals surface area contributed by atoms with Crippen LogP contribution in [0.15, 0.2) is 35.2 Å². The summed E-state index contributed by atoms with van der Waals surface area (Å²) in [7, 11) is 0. The molecule has 0 aliphatic carbocycles. The van der Waals surface area contributed by atoms with Crippen molar-refractivity contribution in [3.05, 3.63) is 47.6 Å². The first-order valence-corrected chi connectivity index (χ1v) is 5.12. The fourth-order valence-corrected chi connectivity index (χ4v) is 1.33. The zero-order valence-electron chi connectivity index (χ0n) is 9.09. The molecule has 0 atom stereocenters. The van der Waals surface area contributed by atoms with Gasteiger partial charge in [-0.15, -0.1) is 0 Å². The quantitative estimate of drug-likeness (QED) is 0.798. The van der Waals surface area contributed by atoms with Gasteiger partial charge in [0, 0.05) is 24.4 Å². The van der Waals surface area contributed by atoms with Gasteiger partial charge in [-0.25, -0.2) is 0 Å². The molecule has 0 spiro atoms. The fourth-order valence-electron chi connectivity index (χ4n) is 1.33. The molecule has 0 fully saturated rings. The van der Waals surface area contributed by atoms with Crippen LogP contribution in [0.1, 0.15) is 21.7 Å². The summed E-state index contributed by atoms with van der Waals surface area (Å²) in [5, 5.41) is 6.42. The minimum atomic E-state index is -0.190. The number of pyridine rings is 1. The van der Waals surface area contributed by atoms with Gasteiger partial charge in [0.1, 0.15) is 12.0 Å². The molecule has 2 heterocycles. The number of nitrogens with zero attached hydrogens (tertiary/aromatic N) is 2. The van der Waals surface area contributed by atoms with Crippen LogP contribution in [0, 0.1) is 0 Å². The molecule has 0 aliphatic rings. The largest absolute Gasteiger partial charge is 0.364 e. The highest BCUT2D eigenvalue weighted by molar-refractivity contribution is 5.94. The summed E-state index contributed by atoms with van der Waals surface area (Å²) in [4.78, 5) is 15.8. The van der Waals surface area contributed by atoms with Crippen molar-refractivity contribution in [2.24, 2.45) is 5.73 Å². The van der Waals surface area contributed by atoms with Crippen LogP contribution in [0.5, 0.6) is 0 Å². The molecule has 2 rings (SSSR count). The normalized spacial score (nSPS) is 10.2. The predicted octanol–water partition coefficient (Wildman–Crippen LogP) is 0.458. The average Bonchev–Trinajstić information content (AvgIpc) is 2.89. The van der Waals surface area contributed by atoms with E-state index in [1.54, 1.807) is 24.4 Å². The Bertz CT molecular complexity index is 496. The molecule has 0 radical (unpaired) electrons. The number of nitrogens with one attached hydrogen (secondary N) is 1.